The predicted octanol–water partition coefficient (Wildman–Crippen LogP) is 2.35. The quantitative estimate of drug-likeness (QED) is 0.737. The summed E-state index contributed by atoms with van der Waals surface area (Å²) in [5.74, 6) is 0.0730. The summed E-state index contributed by atoms with van der Waals surface area (Å²) < 4.78 is 7.62. The molecule has 16 heavy (non-hydrogen) atoms. The van der Waals surface area contributed by atoms with E-state index in [1.165, 1.54) is 0 Å². The first-order valence-corrected chi connectivity index (χ1v) is 5.92. The summed E-state index contributed by atoms with van der Waals surface area (Å²) in [4.78, 5) is 11.5. The third-order valence-electron chi connectivity index (χ3n) is 3.04. The maximum Gasteiger partial charge on any atom is 0.163 e. The molecule has 4 nitrogen and oxygen atoms in total. The van der Waals surface area contributed by atoms with Crippen LogP contribution in [0.3, 0.4) is 0 Å². The second-order valence-corrected chi connectivity index (χ2v) is 4.17. The summed E-state index contributed by atoms with van der Waals surface area (Å²) in [6.07, 6.45) is 4.99. The average molecular weight is 222 g/mol. The fraction of sp³-hybridized carbons (Fsp3) is 0.667. The largest absolute Gasteiger partial charge is 0.372 e. The van der Waals surface area contributed by atoms with Crippen LogP contribution >= 0.6 is 0 Å². The van der Waals surface area contributed by atoms with Crippen LogP contribution in [-0.2, 0) is 11.3 Å². The Morgan fingerprint density at radius 3 is 3.00 bits per heavy atom. The number of carbonyl (C=O) groups excluding carboxylic acids is 1. The van der Waals surface area contributed by atoms with E-state index in [0.717, 1.165) is 38.1 Å². The van der Waals surface area contributed by atoms with E-state index in [9.17, 15) is 4.79 Å². The number of aryl methyl sites for hydroxylation is 1. The Labute approximate surface area is 95.6 Å². The van der Waals surface area contributed by atoms with Crippen LogP contribution < -0.4 is 0 Å². The smallest absolute Gasteiger partial charge is 0.163 e. The number of hydrogen-bond acceptors (Lipinski definition) is 3. The Hall–Kier alpha value is -1.16. The summed E-state index contributed by atoms with van der Waals surface area (Å²) in [6.45, 7) is 5.19. The van der Waals surface area contributed by atoms with E-state index in [4.69, 9.17) is 4.74 Å². The number of ketones is 1. The predicted molar refractivity (Wildman–Crippen MR) is 60.4 cm³/mol. The van der Waals surface area contributed by atoms with Gasteiger partial charge in [-0.2, -0.15) is 5.10 Å². The third kappa shape index (κ3) is 2.02. The Balaban J connectivity index is 2.34. The van der Waals surface area contributed by atoms with E-state index < -0.39 is 0 Å². The zero-order chi connectivity index (χ0) is 11.5. The minimum atomic E-state index is 0.0510. The lowest BCUT2D eigenvalue weighted by atomic mass is 10.0. The first-order valence-electron chi connectivity index (χ1n) is 5.92. The van der Waals surface area contributed by atoms with Gasteiger partial charge in [0.15, 0.2) is 5.78 Å². The molecular weight excluding hydrogens is 204 g/mol. The van der Waals surface area contributed by atoms with E-state index >= 15 is 0 Å². The number of rotatable bonds is 3. The molecule has 1 saturated heterocycles. The highest BCUT2D eigenvalue weighted by Gasteiger charge is 2.25. The van der Waals surface area contributed by atoms with Crippen molar-refractivity contribution in [3.8, 4) is 0 Å². The lowest BCUT2D eigenvalue weighted by Gasteiger charge is -2.24. The fourth-order valence-corrected chi connectivity index (χ4v) is 2.21. The van der Waals surface area contributed by atoms with Crippen LogP contribution in [0.4, 0.5) is 0 Å². The second-order valence-electron chi connectivity index (χ2n) is 4.17. The van der Waals surface area contributed by atoms with E-state index in [2.05, 4.69) is 5.10 Å². The minimum absolute atomic E-state index is 0.0510. The van der Waals surface area contributed by atoms with Crippen LogP contribution in [-0.4, -0.2) is 22.2 Å². The summed E-state index contributed by atoms with van der Waals surface area (Å²) in [5, 5.41) is 4.25. The van der Waals surface area contributed by atoms with Gasteiger partial charge in [-0.05, 0) is 33.1 Å². The molecule has 1 fully saturated rings. The van der Waals surface area contributed by atoms with Crippen molar-refractivity contribution in [1.29, 1.82) is 0 Å². The SMILES string of the molecule is CCn1ncc(C(C)=O)c1C1CCCCO1. The molecule has 1 unspecified atom stereocenters. The first kappa shape index (κ1) is 11.3. The molecule has 0 aliphatic carbocycles. The van der Waals surface area contributed by atoms with Crippen LogP contribution in [0.25, 0.3) is 0 Å². The highest BCUT2D eigenvalue weighted by molar-refractivity contribution is 5.95. The maximum absolute atomic E-state index is 11.5. The van der Waals surface area contributed by atoms with E-state index in [1.807, 2.05) is 11.6 Å². The molecule has 2 rings (SSSR count). The van der Waals surface area contributed by atoms with Gasteiger partial charge in [-0.3, -0.25) is 9.48 Å². The molecule has 88 valence electrons. The molecule has 2 heterocycles. The Bertz CT molecular complexity index is 378. The van der Waals surface area contributed by atoms with Crippen molar-refractivity contribution in [1.82, 2.24) is 9.78 Å². The van der Waals surface area contributed by atoms with Crippen LogP contribution in [0.15, 0.2) is 6.20 Å². The normalized spacial score (nSPS) is 21.0. The van der Waals surface area contributed by atoms with Crippen molar-refractivity contribution in [2.75, 3.05) is 6.61 Å². The molecule has 0 N–H and O–H groups in total. The summed E-state index contributed by atoms with van der Waals surface area (Å²) in [7, 11) is 0. The molecule has 0 amide bonds. The lowest BCUT2D eigenvalue weighted by Crippen LogP contribution is -2.18. The summed E-state index contributed by atoms with van der Waals surface area (Å²) in [6, 6.07) is 0. The number of Topliss-reactive ketones (excluding diaryl/α,β-unsaturated/α-hetero) is 1. The molecule has 1 aliphatic heterocycles. The molecule has 4 heteroatoms. The molecule has 0 saturated carbocycles. The standard InChI is InChI=1S/C12H18N2O2/c1-3-14-12(10(8-13-14)9(2)15)11-6-4-5-7-16-11/h8,11H,3-7H2,1-2H3. The van der Waals surface area contributed by atoms with Gasteiger partial charge in [-0.15, -0.1) is 0 Å². The van der Waals surface area contributed by atoms with Gasteiger partial charge >= 0.3 is 0 Å². The number of aromatic nitrogens is 2. The van der Waals surface area contributed by atoms with Crippen molar-refractivity contribution < 1.29 is 9.53 Å². The number of carbonyl (C=O) groups is 1. The van der Waals surface area contributed by atoms with Gasteiger partial charge in [0.05, 0.1) is 23.6 Å². The van der Waals surface area contributed by atoms with Gasteiger partial charge < -0.3 is 4.74 Å². The number of hydrogen-bond donors (Lipinski definition) is 0. The molecule has 1 aromatic heterocycles. The molecular formula is C12H18N2O2. The van der Waals surface area contributed by atoms with E-state index in [0.29, 0.717) is 5.56 Å². The van der Waals surface area contributed by atoms with Crippen molar-refractivity contribution in [3.05, 3.63) is 17.5 Å². The van der Waals surface area contributed by atoms with Gasteiger partial charge in [0.1, 0.15) is 0 Å². The third-order valence-corrected chi connectivity index (χ3v) is 3.04. The minimum Gasteiger partial charge on any atom is -0.372 e. The molecule has 0 bridgehead atoms. The van der Waals surface area contributed by atoms with Gasteiger partial charge in [0.2, 0.25) is 0 Å². The first-order chi connectivity index (χ1) is 7.74. The van der Waals surface area contributed by atoms with Gasteiger partial charge in [0.25, 0.3) is 0 Å². The second kappa shape index (κ2) is 4.78. The van der Waals surface area contributed by atoms with Crippen molar-refractivity contribution in [3.63, 3.8) is 0 Å². The highest BCUT2D eigenvalue weighted by Crippen LogP contribution is 2.30. The Kier molecular flexibility index (Phi) is 3.39. The van der Waals surface area contributed by atoms with E-state index in [1.54, 1.807) is 13.1 Å². The van der Waals surface area contributed by atoms with Crippen LogP contribution in [0, 0.1) is 0 Å². The molecule has 1 aromatic rings. The summed E-state index contributed by atoms with van der Waals surface area (Å²) in [5.41, 5.74) is 1.68. The molecule has 1 aliphatic rings. The molecule has 0 aromatic carbocycles. The fourth-order valence-electron chi connectivity index (χ4n) is 2.21. The van der Waals surface area contributed by atoms with Crippen LogP contribution in [0.1, 0.15) is 55.3 Å². The molecule has 1 atom stereocenters. The topological polar surface area (TPSA) is 44.1 Å². The molecule has 0 spiro atoms. The van der Waals surface area contributed by atoms with Crippen molar-refractivity contribution in [2.45, 2.75) is 45.8 Å². The maximum atomic E-state index is 11.5. The molecule has 0 radical (unpaired) electrons. The van der Waals surface area contributed by atoms with Crippen molar-refractivity contribution in [2.24, 2.45) is 0 Å². The van der Waals surface area contributed by atoms with Crippen LogP contribution in [0.2, 0.25) is 0 Å². The Morgan fingerprint density at radius 1 is 1.62 bits per heavy atom. The van der Waals surface area contributed by atoms with Gasteiger partial charge in [-0.25, -0.2) is 0 Å². The zero-order valence-corrected chi connectivity index (χ0v) is 9.90. The monoisotopic (exact) mass is 222 g/mol. The van der Waals surface area contributed by atoms with Gasteiger partial charge in [0, 0.05) is 13.2 Å². The van der Waals surface area contributed by atoms with Crippen molar-refractivity contribution >= 4 is 5.78 Å². The Morgan fingerprint density at radius 2 is 2.44 bits per heavy atom. The van der Waals surface area contributed by atoms with Crippen LogP contribution in [0.5, 0.6) is 0 Å². The zero-order valence-electron chi connectivity index (χ0n) is 9.90. The summed E-state index contributed by atoms with van der Waals surface area (Å²) >= 11 is 0. The average Bonchev–Trinajstić information content (AvgIpc) is 2.73. The van der Waals surface area contributed by atoms with E-state index in [-0.39, 0.29) is 11.9 Å². The number of nitrogens with zero attached hydrogens (tertiary/aromatic N) is 2. The van der Waals surface area contributed by atoms with Gasteiger partial charge in [-0.1, -0.05) is 0 Å². The number of ether oxygens (including phenoxy) is 1. The highest BCUT2D eigenvalue weighted by atomic mass is 16.5. The lowest BCUT2D eigenvalue weighted by molar-refractivity contribution is 0.00908.